The predicted octanol–water partition coefficient (Wildman–Crippen LogP) is 4.53. The number of rotatable bonds is 5. The summed E-state index contributed by atoms with van der Waals surface area (Å²) in [7, 11) is 1.70. The predicted molar refractivity (Wildman–Crippen MR) is 82.5 cm³/mol. The lowest BCUT2D eigenvalue weighted by molar-refractivity contribution is 0.404. The van der Waals surface area contributed by atoms with Crippen LogP contribution in [-0.4, -0.2) is 16.7 Å². The molecule has 1 aliphatic carbocycles. The van der Waals surface area contributed by atoms with Crippen molar-refractivity contribution in [2.24, 2.45) is 5.41 Å². The largest absolute Gasteiger partial charge is 0.497 e. The average Bonchev–Trinajstić information content (AvgIpc) is 3.14. The number of aromatic nitrogens is 2. The second-order valence-corrected chi connectivity index (χ2v) is 6.54. The van der Waals surface area contributed by atoms with Crippen LogP contribution in [0.1, 0.15) is 44.3 Å². The fraction of sp³-hybridized carbons (Fsp3) is 0.562. The van der Waals surface area contributed by atoms with Gasteiger partial charge in [-0.25, -0.2) is 4.98 Å². The maximum atomic E-state index is 6.33. The molecular formula is C16H21ClN2O. The maximum absolute atomic E-state index is 6.33. The summed E-state index contributed by atoms with van der Waals surface area (Å²) in [4.78, 5) is 4.71. The number of imidazole rings is 1. The fourth-order valence-electron chi connectivity index (χ4n) is 2.85. The van der Waals surface area contributed by atoms with Crippen LogP contribution >= 0.6 is 11.6 Å². The molecule has 3 nitrogen and oxygen atoms in total. The van der Waals surface area contributed by atoms with Crippen molar-refractivity contribution in [1.29, 1.82) is 0 Å². The van der Waals surface area contributed by atoms with E-state index in [1.54, 1.807) is 7.11 Å². The molecule has 0 radical (unpaired) electrons. The number of alkyl halides is 1. The van der Waals surface area contributed by atoms with E-state index < -0.39 is 0 Å². The SMILES string of the molecule is CCC1(Cn2c(C(C)Cl)nc3ccc(OC)cc32)CC1. The van der Waals surface area contributed by atoms with Crippen molar-refractivity contribution in [2.75, 3.05) is 7.11 Å². The molecule has 0 saturated heterocycles. The van der Waals surface area contributed by atoms with Gasteiger partial charge < -0.3 is 9.30 Å². The van der Waals surface area contributed by atoms with Crippen molar-refractivity contribution in [3.8, 4) is 5.75 Å². The topological polar surface area (TPSA) is 27.1 Å². The van der Waals surface area contributed by atoms with E-state index in [0.717, 1.165) is 29.2 Å². The highest BCUT2D eigenvalue weighted by Gasteiger charge is 2.41. The molecule has 0 spiro atoms. The molecular weight excluding hydrogens is 272 g/mol. The van der Waals surface area contributed by atoms with Gasteiger partial charge in [0, 0.05) is 12.6 Å². The molecule has 0 N–H and O–H groups in total. The number of hydrogen-bond acceptors (Lipinski definition) is 2. The van der Waals surface area contributed by atoms with Gasteiger partial charge >= 0.3 is 0 Å². The summed E-state index contributed by atoms with van der Waals surface area (Å²) in [5, 5.41) is -0.0824. The summed E-state index contributed by atoms with van der Waals surface area (Å²) < 4.78 is 7.64. The van der Waals surface area contributed by atoms with Gasteiger partial charge in [0.25, 0.3) is 0 Å². The standard InChI is InChI=1S/C16H21ClN2O/c1-4-16(7-8-16)10-19-14-9-12(20-3)5-6-13(14)18-15(19)11(2)17/h5-6,9,11H,4,7-8,10H2,1-3H3. The van der Waals surface area contributed by atoms with Crippen molar-refractivity contribution in [1.82, 2.24) is 9.55 Å². The Balaban J connectivity index is 2.11. The van der Waals surface area contributed by atoms with Crippen LogP contribution in [0.25, 0.3) is 11.0 Å². The van der Waals surface area contributed by atoms with Crippen LogP contribution in [-0.2, 0) is 6.54 Å². The third-order valence-corrected chi connectivity index (χ3v) is 4.74. The number of fused-ring (bicyclic) bond motifs is 1. The van der Waals surface area contributed by atoms with Gasteiger partial charge in [0.1, 0.15) is 11.6 Å². The summed E-state index contributed by atoms with van der Waals surface area (Å²) >= 11 is 6.33. The Bertz CT molecular complexity index is 629. The van der Waals surface area contributed by atoms with E-state index in [1.807, 2.05) is 19.1 Å². The van der Waals surface area contributed by atoms with E-state index in [2.05, 4.69) is 17.6 Å². The molecule has 3 rings (SSSR count). The molecule has 1 aromatic heterocycles. The quantitative estimate of drug-likeness (QED) is 0.757. The number of ether oxygens (including phenoxy) is 1. The van der Waals surface area contributed by atoms with Crippen LogP contribution in [0.4, 0.5) is 0 Å². The van der Waals surface area contributed by atoms with Crippen LogP contribution in [0.15, 0.2) is 18.2 Å². The highest BCUT2D eigenvalue weighted by molar-refractivity contribution is 6.20. The monoisotopic (exact) mass is 292 g/mol. The Kier molecular flexibility index (Phi) is 3.41. The zero-order valence-corrected chi connectivity index (χ0v) is 13.1. The highest BCUT2D eigenvalue weighted by atomic mass is 35.5. The third-order valence-electron chi connectivity index (χ3n) is 4.54. The first-order valence-electron chi connectivity index (χ1n) is 7.27. The molecule has 0 aliphatic heterocycles. The molecule has 1 aromatic carbocycles. The number of nitrogens with zero attached hydrogens (tertiary/aromatic N) is 2. The Hall–Kier alpha value is -1.22. The van der Waals surface area contributed by atoms with E-state index in [9.17, 15) is 0 Å². The lowest BCUT2D eigenvalue weighted by atomic mass is 10.0. The first-order valence-corrected chi connectivity index (χ1v) is 7.70. The van der Waals surface area contributed by atoms with Gasteiger partial charge in [0.15, 0.2) is 0 Å². The van der Waals surface area contributed by atoms with Gasteiger partial charge in [0.2, 0.25) is 0 Å². The summed E-state index contributed by atoms with van der Waals surface area (Å²) in [5.74, 6) is 1.84. The second-order valence-electron chi connectivity index (χ2n) is 5.88. The zero-order valence-electron chi connectivity index (χ0n) is 12.3. The van der Waals surface area contributed by atoms with Gasteiger partial charge in [-0.15, -0.1) is 11.6 Å². The van der Waals surface area contributed by atoms with Gasteiger partial charge in [-0.05, 0) is 43.7 Å². The van der Waals surface area contributed by atoms with Crippen molar-refractivity contribution < 1.29 is 4.74 Å². The number of methoxy groups -OCH3 is 1. The first-order chi connectivity index (χ1) is 9.58. The van der Waals surface area contributed by atoms with E-state index in [-0.39, 0.29) is 5.38 Å². The van der Waals surface area contributed by atoms with E-state index >= 15 is 0 Å². The Morgan fingerprint density at radius 1 is 1.45 bits per heavy atom. The first kappa shape index (κ1) is 13.7. The third kappa shape index (κ3) is 2.28. The summed E-state index contributed by atoms with van der Waals surface area (Å²) in [6, 6.07) is 6.03. The zero-order chi connectivity index (χ0) is 14.3. The second kappa shape index (κ2) is 4.96. The van der Waals surface area contributed by atoms with Gasteiger partial charge in [-0.3, -0.25) is 0 Å². The highest BCUT2D eigenvalue weighted by Crippen LogP contribution is 2.50. The molecule has 20 heavy (non-hydrogen) atoms. The molecule has 2 aromatic rings. The number of benzene rings is 1. The molecule has 1 heterocycles. The van der Waals surface area contributed by atoms with E-state index in [0.29, 0.717) is 5.41 Å². The Morgan fingerprint density at radius 3 is 2.75 bits per heavy atom. The maximum Gasteiger partial charge on any atom is 0.127 e. The van der Waals surface area contributed by atoms with Gasteiger partial charge in [-0.1, -0.05) is 6.92 Å². The van der Waals surface area contributed by atoms with Crippen molar-refractivity contribution >= 4 is 22.6 Å². The van der Waals surface area contributed by atoms with Crippen LogP contribution in [0, 0.1) is 5.41 Å². The fourth-order valence-corrected chi connectivity index (χ4v) is 3.02. The summed E-state index contributed by atoms with van der Waals surface area (Å²) in [5.41, 5.74) is 2.59. The molecule has 1 fully saturated rings. The van der Waals surface area contributed by atoms with Crippen molar-refractivity contribution in [3.05, 3.63) is 24.0 Å². The Labute approximate surface area is 124 Å². The van der Waals surface area contributed by atoms with Crippen LogP contribution in [0.2, 0.25) is 0 Å². The molecule has 108 valence electrons. The molecule has 1 saturated carbocycles. The molecule has 1 aliphatic rings. The minimum atomic E-state index is -0.0824. The Morgan fingerprint density at radius 2 is 2.20 bits per heavy atom. The molecule has 0 amide bonds. The molecule has 1 atom stereocenters. The molecule has 0 bridgehead atoms. The smallest absolute Gasteiger partial charge is 0.127 e. The lowest BCUT2D eigenvalue weighted by Gasteiger charge is -2.17. The van der Waals surface area contributed by atoms with Gasteiger partial charge in [-0.2, -0.15) is 0 Å². The molecule has 1 unspecified atom stereocenters. The number of halogens is 1. The minimum Gasteiger partial charge on any atom is -0.497 e. The van der Waals surface area contributed by atoms with E-state index in [4.69, 9.17) is 21.3 Å². The van der Waals surface area contributed by atoms with Gasteiger partial charge in [0.05, 0.1) is 23.5 Å². The minimum absolute atomic E-state index is 0.0824. The van der Waals surface area contributed by atoms with Crippen LogP contribution in [0.5, 0.6) is 5.75 Å². The summed E-state index contributed by atoms with van der Waals surface area (Å²) in [6.07, 6.45) is 3.83. The summed E-state index contributed by atoms with van der Waals surface area (Å²) in [6.45, 7) is 5.28. The van der Waals surface area contributed by atoms with E-state index in [1.165, 1.54) is 19.3 Å². The number of hydrogen-bond donors (Lipinski definition) is 0. The van der Waals surface area contributed by atoms with Crippen molar-refractivity contribution in [3.63, 3.8) is 0 Å². The van der Waals surface area contributed by atoms with Crippen LogP contribution in [0.3, 0.4) is 0 Å². The van der Waals surface area contributed by atoms with Crippen LogP contribution < -0.4 is 4.74 Å². The lowest BCUT2D eigenvalue weighted by Crippen LogP contribution is -2.13. The van der Waals surface area contributed by atoms with Crippen molar-refractivity contribution in [2.45, 2.75) is 45.0 Å². The normalized spacial score (nSPS) is 18.2. The molecule has 4 heteroatoms. The average molecular weight is 293 g/mol.